The van der Waals surface area contributed by atoms with Crippen LogP contribution in [-0.4, -0.2) is 18.2 Å². The standard InChI is InChI=1S/C13H13ClN2O2/c14-10-6-13(9-16-8-10)18-5-4-17-12-3-1-2-11(15)7-12/h1-3,6-9H,4-5,15H2. The molecular formula is C13H13ClN2O2. The van der Waals surface area contributed by atoms with Crippen molar-refractivity contribution in [1.29, 1.82) is 0 Å². The van der Waals surface area contributed by atoms with Crippen molar-refractivity contribution in [2.45, 2.75) is 0 Å². The number of hydrogen-bond donors (Lipinski definition) is 1. The molecule has 4 nitrogen and oxygen atoms in total. The van der Waals surface area contributed by atoms with Crippen LogP contribution in [0.1, 0.15) is 0 Å². The second kappa shape index (κ2) is 6.12. The molecule has 0 bridgehead atoms. The lowest BCUT2D eigenvalue weighted by Crippen LogP contribution is -2.09. The average molecular weight is 265 g/mol. The average Bonchev–Trinajstić information content (AvgIpc) is 2.35. The highest BCUT2D eigenvalue weighted by atomic mass is 35.5. The SMILES string of the molecule is Nc1cccc(OCCOc2cncc(Cl)c2)c1. The van der Waals surface area contributed by atoms with E-state index in [9.17, 15) is 0 Å². The van der Waals surface area contributed by atoms with Crippen molar-refractivity contribution in [3.8, 4) is 11.5 Å². The third kappa shape index (κ3) is 3.82. The maximum atomic E-state index is 5.78. The van der Waals surface area contributed by atoms with Crippen molar-refractivity contribution in [3.63, 3.8) is 0 Å². The molecule has 0 spiro atoms. The molecule has 5 heteroatoms. The van der Waals surface area contributed by atoms with Gasteiger partial charge in [0.15, 0.2) is 0 Å². The van der Waals surface area contributed by atoms with E-state index in [0.717, 1.165) is 5.75 Å². The van der Waals surface area contributed by atoms with Gasteiger partial charge in [-0.15, -0.1) is 0 Å². The number of hydrogen-bond acceptors (Lipinski definition) is 4. The Morgan fingerprint density at radius 1 is 1.06 bits per heavy atom. The summed E-state index contributed by atoms with van der Waals surface area (Å²) in [6.07, 6.45) is 3.16. The number of aromatic nitrogens is 1. The number of nitrogens with zero attached hydrogens (tertiary/aromatic N) is 1. The third-order valence-electron chi connectivity index (χ3n) is 2.16. The number of halogens is 1. The molecular weight excluding hydrogens is 252 g/mol. The summed E-state index contributed by atoms with van der Waals surface area (Å²) in [5, 5.41) is 0.546. The van der Waals surface area contributed by atoms with E-state index < -0.39 is 0 Å². The minimum absolute atomic E-state index is 0.414. The summed E-state index contributed by atoms with van der Waals surface area (Å²) in [5.74, 6) is 1.35. The molecule has 0 amide bonds. The fourth-order valence-electron chi connectivity index (χ4n) is 1.39. The highest BCUT2D eigenvalue weighted by molar-refractivity contribution is 6.30. The summed E-state index contributed by atoms with van der Waals surface area (Å²) in [5.41, 5.74) is 6.31. The Kier molecular flexibility index (Phi) is 4.25. The normalized spacial score (nSPS) is 10.1. The fraction of sp³-hybridized carbons (Fsp3) is 0.154. The quantitative estimate of drug-likeness (QED) is 0.666. The molecule has 0 unspecified atom stereocenters. The summed E-state index contributed by atoms with van der Waals surface area (Å²) in [6.45, 7) is 0.840. The molecule has 2 aromatic rings. The number of anilines is 1. The summed E-state index contributed by atoms with van der Waals surface area (Å²) in [7, 11) is 0. The van der Waals surface area contributed by atoms with E-state index in [1.54, 1.807) is 30.6 Å². The van der Waals surface area contributed by atoms with Crippen molar-refractivity contribution in [1.82, 2.24) is 4.98 Å². The topological polar surface area (TPSA) is 57.4 Å². The zero-order chi connectivity index (χ0) is 12.8. The van der Waals surface area contributed by atoms with Crippen molar-refractivity contribution < 1.29 is 9.47 Å². The van der Waals surface area contributed by atoms with Crippen LogP contribution in [0.25, 0.3) is 0 Å². The zero-order valence-corrected chi connectivity index (χ0v) is 10.4. The first kappa shape index (κ1) is 12.5. The Morgan fingerprint density at radius 3 is 2.56 bits per heavy atom. The van der Waals surface area contributed by atoms with Crippen molar-refractivity contribution >= 4 is 17.3 Å². The number of nitrogen functional groups attached to an aromatic ring is 1. The first-order valence-corrected chi connectivity index (χ1v) is 5.83. The van der Waals surface area contributed by atoms with E-state index in [1.165, 1.54) is 0 Å². The Hall–Kier alpha value is -1.94. The molecule has 1 aromatic carbocycles. The fourth-order valence-corrected chi connectivity index (χ4v) is 1.56. The first-order valence-electron chi connectivity index (χ1n) is 5.46. The number of ether oxygens (including phenoxy) is 2. The molecule has 18 heavy (non-hydrogen) atoms. The van der Waals surface area contributed by atoms with Gasteiger partial charge < -0.3 is 15.2 Å². The second-order valence-corrected chi connectivity index (χ2v) is 4.04. The van der Waals surface area contributed by atoms with Gasteiger partial charge in [-0.2, -0.15) is 0 Å². The van der Waals surface area contributed by atoms with Gasteiger partial charge in [0.2, 0.25) is 0 Å². The maximum Gasteiger partial charge on any atom is 0.139 e. The highest BCUT2D eigenvalue weighted by Crippen LogP contribution is 2.16. The van der Waals surface area contributed by atoms with E-state index in [-0.39, 0.29) is 0 Å². The Balaban J connectivity index is 1.76. The van der Waals surface area contributed by atoms with Crippen LogP contribution in [0.3, 0.4) is 0 Å². The lowest BCUT2D eigenvalue weighted by Gasteiger charge is -2.08. The molecule has 1 aromatic heterocycles. The van der Waals surface area contributed by atoms with Gasteiger partial charge in [0.05, 0.1) is 11.2 Å². The zero-order valence-electron chi connectivity index (χ0n) is 9.67. The van der Waals surface area contributed by atoms with Crippen molar-refractivity contribution in [3.05, 3.63) is 47.7 Å². The molecule has 0 atom stereocenters. The van der Waals surface area contributed by atoms with Crippen LogP contribution in [0.4, 0.5) is 5.69 Å². The lowest BCUT2D eigenvalue weighted by molar-refractivity contribution is 0.217. The molecule has 2 rings (SSSR count). The summed E-state index contributed by atoms with van der Waals surface area (Å²) < 4.78 is 10.9. The van der Waals surface area contributed by atoms with Gasteiger partial charge in [-0.1, -0.05) is 17.7 Å². The third-order valence-corrected chi connectivity index (χ3v) is 2.37. The highest BCUT2D eigenvalue weighted by Gasteiger charge is 1.97. The van der Waals surface area contributed by atoms with Gasteiger partial charge in [0.1, 0.15) is 24.7 Å². The molecule has 0 fully saturated rings. The van der Waals surface area contributed by atoms with Gasteiger partial charge >= 0.3 is 0 Å². The number of rotatable bonds is 5. The van der Waals surface area contributed by atoms with E-state index in [0.29, 0.717) is 29.7 Å². The molecule has 0 aliphatic rings. The second-order valence-electron chi connectivity index (χ2n) is 3.61. The Morgan fingerprint density at radius 2 is 1.83 bits per heavy atom. The van der Waals surface area contributed by atoms with Gasteiger partial charge in [-0.3, -0.25) is 4.98 Å². The molecule has 0 aliphatic heterocycles. The van der Waals surface area contributed by atoms with E-state index in [4.69, 9.17) is 26.8 Å². The van der Waals surface area contributed by atoms with Crippen molar-refractivity contribution in [2.75, 3.05) is 18.9 Å². The van der Waals surface area contributed by atoms with Gasteiger partial charge in [-0.25, -0.2) is 0 Å². The first-order chi connectivity index (χ1) is 8.74. The van der Waals surface area contributed by atoms with E-state index >= 15 is 0 Å². The van der Waals surface area contributed by atoms with Gasteiger partial charge in [-0.05, 0) is 12.1 Å². The monoisotopic (exact) mass is 264 g/mol. The van der Waals surface area contributed by atoms with Crippen molar-refractivity contribution in [2.24, 2.45) is 0 Å². The van der Waals surface area contributed by atoms with Gasteiger partial charge in [0.25, 0.3) is 0 Å². The summed E-state index contributed by atoms with van der Waals surface area (Å²) in [6, 6.07) is 8.96. The van der Waals surface area contributed by atoms with Crippen LogP contribution in [0.5, 0.6) is 11.5 Å². The van der Waals surface area contributed by atoms with Crippen LogP contribution < -0.4 is 15.2 Å². The Labute approximate surface area is 110 Å². The minimum Gasteiger partial charge on any atom is -0.490 e. The molecule has 1 heterocycles. The number of pyridine rings is 1. The van der Waals surface area contributed by atoms with Gasteiger partial charge in [0, 0.05) is 24.0 Å². The minimum atomic E-state index is 0.414. The van der Waals surface area contributed by atoms with Crippen LogP contribution in [0.2, 0.25) is 5.02 Å². The predicted octanol–water partition coefficient (Wildman–Crippen LogP) is 2.78. The molecule has 0 aliphatic carbocycles. The molecule has 94 valence electrons. The van der Waals surface area contributed by atoms with Crippen LogP contribution in [0.15, 0.2) is 42.7 Å². The lowest BCUT2D eigenvalue weighted by atomic mass is 10.3. The predicted molar refractivity (Wildman–Crippen MR) is 71.1 cm³/mol. The van der Waals surface area contributed by atoms with E-state index in [2.05, 4.69) is 4.98 Å². The summed E-state index contributed by atoms with van der Waals surface area (Å²) in [4.78, 5) is 3.92. The Bertz CT molecular complexity index is 472. The summed E-state index contributed by atoms with van der Waals surface area (Å²) >= 11 is 5.78. The van der Waals surface area contributed by atoms with Crippen LogP contribution >= 0.6 is 11.6 Å². The van der Waals surface area contributed by atoms with Crippen LogP contribution in [-0.2, 0) is 0 Å². The largest absolute Gasteiger partial charge is 0.490 e. The number of benzene rings is 1. The molecule has 2 N–H and O–H groups in total. The smallest absolute Gasteiger partial charge is 0.139 e. The number of nitrogens with two attached hydrogens (primary N) is 1. The van der Waals surface area contributed by atoms with E-state index in [1.807, 2.05) is 12.1 Å². The maximum absolute atomic E-state index is 5.78. The van der Waals surface area contributed by atoms with Crippen LogP contribution in [0, 0.1) is 0 Å². The molecule has 0 saturated heterocycles. The molecule has 0 saturated carbocycles. The molecule has 0 radical (unpaired) electrons.